The van der Waals surface area contributed by atoms with Gasteiger partial charge in [0.15, 0.2) is 11.5 Å². The van der Waals surface area contributed by atoms with Crippen LogP contribution in [-0.2, 0) is 5.41 Å². The Balaban J connectivity index is 2.08. The maximum absolute atomic E-state index is 9.63. The van der Waals surface area contributed by atoms with Crippen molar-refractivity contribution in [3.05, 3.63) is 17.7 Å². The van der Waals surface area contributed by atoms with Gasteiger partial charge in [-0.25, -0.2) is 0 Å². The fourth-order valence-corrected chi connectivity index (χ4v) is 2.62. The van der Waals surface area contributed by atoms with Crippen LogP contribution in [0.5, 0.6) is 17.2 Å². The fourth-order valence-electron chi connectivity index (χ4n) is 2.62. The summed E-state index contributed by atoms with van der Waals surface area (Å²) in [7, 11) is 1.64. The summed E-state index contributed by atoms with van der Waals surface area (Å²) in [5.74, 6) is 2.25. The molecule has 1 aliphatic carbocycles. The van der Waals surface area contributed by atoms with E-state index < -0.39 is 0 Å². The molecule has 1 heterocycles. The molecule has 4 nitrogen and oxygen atoms in total. The molecule has 1 N–H and O–H groups in total. The third kappa shape index (κ3) is 1.47. The summed E-state index contributed by atoms with van der Waals surface area (Å²) in [6.07, 6.45) is 3.15. The molecule has 0 unspecified atom stereocenters. The van der Waals surface area contributed by atoms with Crippen LogP contribution in [0, 0.1) is 0 Å². The van der Waals surface area contributed by atoms with Gasteiger partial charge in [-0.1, -0.05) is 6.42 Å². The zero-order valence-electron chi connectivity index (χ0n) is 9.86. The zero-order valence-corrected chi connectivity index (χ0v) is 9.86. The Morgan fingerprint density at radius 2 is 2.00 bits per heavy atom. The predicted octanol–water partition coefficient (Wildman–Crippen LogP) is 1.84. The summed E-state index contributed by atoms with van der Waals surface area (Å²) in [6.45, 7) is 0.414. The largest absolute Gasteiger partial charge is 0.496 e. The van der Waals surface area contributed by atoms with E-state index >= 15 is 0 Å². The number of hydrogen-bond acceptors (Lipinski definition) is 4. The minimum Gasteiger partial charge on any atom is -0.496 e. The molecule has 0 atom stereocenters. The van der Waals surface area contributed by atoms with Gasteiger partial charge in [0.25, 0.3) is 0 Å². The van der Waals surface area contributed by atoms with Crippen LogP contribution in [0.2, 0.25) is 0 Å². The Kier molecular flexibility index (Phi) is 2.40. The Hall–Kier alpha value is -1.42. The monoisotopic (exact) mass is 236 g/mol. The van der Waals surface area contributed by atoms with E-state index in [9.17, 15) is 5.11 Å². The first kappa shape index (κ1) is 10.7. The van der Waals surface area contributed by atoms with Gasteiger partial charge in [0.2, 0.25) is 6.79 Å². The van der Waals surface area contributed by atoms with Gasteiger partial charge in [0, 0.05) is 17.0 Å². The highest BCUT2D eigenvalue weighted by molar-refractivity contribution is 5.55. The van der Waals surface area contributed by atoms with Gasteiger partial charge in [-0.05, 0) is 18.9 Å². The van der Waals surface area contributed by atoms with Crippen LogP contribution in [-0.4, -0.2) is 25.6 Å². The highest BCUT2D eigenvalue weighted by atomic mass is 16.7. The fraction of sp³-hybridized carbons (Fsp3) is 0.538. The van der Waals surface area contributed by atoms with E-state index in [1.165, 1.54) is 0 Å². The van der Waals surface area contributed by atoms with Gasteiger partial charge < -0.3 is 19.3 Å². The molecule has 3 rings (SSSR count). The summed E-state index contributed by atoms with van der Waals surface area (Å²) >= 11 is 0. The molecule has 4 heteroatoms. The highest BCUT2D eigenvalue weighted by Gasteiger charge is 2.41. The second-order valence-electron chi connectivity index (χ2n) is 4.70. The van der Waals surface area contributed by atoms with Crippen molar-refractivity contribution in [3.63, 3.8) is 0 Å². The van der Waals surface area contributed by atoms with Crippen molar-refractivity contribution >= 4 is 0 Å². The maximum Gasteiger partial charge on any atom is 0.231 e. The van der Waals surface area contributed by atoms with Crippen molar-refractivity contribution < 1.29 is 19.3 Å². The average Bonchev–Trinajstić information content (AvgIpc) is 2.74. The van der Waals surface area contributed by atoms with Crippen LogP contribution in [0.15, 0.2) is 12.1 Å². The minimum absolute atomic E-state index is 0.147. The van der Waals surface area contributed by atoms with Crippen LogP contribution in [0.3, 0.4) is 0 Å². The molecule has 1 aromatic rings. The molecule has 0 bridgehead atoms. The van der Waals surface area contributed by atoms with Crippen molar-refractivity contribution in [1.29, 1.82) is 0 Å². The van der Waals surface area contributed by atoms with Gasteiger partial charge in [-0.3, -0.25) is 0 Å². The number of fused-ring (bicyclic) bond motifs is 1. The van der Waals surface area contributed by atoms with Crippen LogP contribution in [0.25, 0.3) is 0 Å². The number of methoxy groups -OCH3 is 1. The molecule has 0 radical (unpaired) electrons. The lowest BCUT2D eigenvalue weighted by Crippen LogP contribution is -2.38. The summed E-state index contributed by atoms with van der Waals surface area (Å²) < 4.78 is 16.1. The van der Waals surface area contributed by atoms with Gasteiger partial charge in [-0.2, -0.15) is 0 Å². The normalized spacial score (nSPS) is 19.9. The van der Waals surface area contributed by atoms with E-state index in [2.05, 4.69) is 0 Å². The van der Waals surface area contributed by atoms with E-state index in [-0.39, 0.29) is 18.8 Å². The molecular weight excluding hydrogens is 220 g/mol. The van der Waals surface area contributed by atoms with Gasteiger partial charge in [0.05, 0.1) is 13.7 Å². The first-order valence-electron chi connectivity index (χ1n) is 5.88. The quantitative estimate of drug-likeness (QED) is 0.870. The van der Waals surface area contributed by atoms with Crippen LogP contribution < -0.4 is 14.2 Å². The maximum atomic E-state index is 9.63. The van der Waals surface area contributed by atoms with E-state index in [0.717, 1.165) is 42.1 Å². The Bertz CT molecular complexity index is 432. The van der Waals surface area contributed by atoms with Crippen LogP contribution >= 0.6 is 0 Å². The summed E-state index contributed by atoms with van der Waals surface area (Å²) in [5, 5.41) is 9.63. The minimum atomic E-state index is -0.147. The molecule has 1 fully saturated rings. The Morgan fingerprint density at radius 1 is 1.29 bits per heavy atom. The molecule has 2 aliphatic rings. The number of aliphatic hydroxyl groups is 1. The molecular formula is C13H16O4. The number of hydrogen-bond donors (Lipinski definition) is 1. The first-order chi connectivity index (χ1) is 8.29. The van der Waals surface area contributed by atoms with Crippen molar-refractivity contribution in [3.8, 4) is 17.2 Å². The van der Waals surface area contributed by atoms with Crippen molar-refractivity contribution in [2.45, 2.75) is 24.7 Å². The molecule has 1 saturated carbocycles. The van der Waals surface area contributed by atoms with E-state index in [4.69, 9.17) is 14.2 Å². The van der Waals surface area contributed by atoms with Crippen molar-refractivity contribution in [1.82, 2.24) is 0 Å². The molecule has 92 valence electrons. The summed E-state index contributed by atoms with van der Waals surface area (Å²) in [6, 6.07) is 3.81. The predicted molar refractivity (Wildman–Crippen MR) is 61.7 cm³/mol. The summed E-state index contributed by atoms with van der Waals surface area (Å²) in [4.78, 5) is 0. The van der Waals surface area contributed by atoms with Crippen LogP contribution in [0.4, 0.5) is 0 Å². The average molecular weight is 236 g/mol. The second-order valence-corrected chi connectivity index (χ2v) is 4.70. The molecule has 17 heavy (non-hydrogen) atoms. The summed E-state index contributed by atoms with van der Waals surface area (Å²) in [5.41, 5.74) is 0.893. The number of ether oxygens (including phenoxy) is 3. The Labute approximate surface area is 100 Å². The smallest absolute Gasteiger partial charge is 0.231 e. The van der Waals surface area contributed by atoms with E-state index in [1.54, 1.807) is 7.11 Å². The SMILES string of the molecule is COc1cc2c(cc1C1(CO)CCC1)OCO2. The van der Waals surface area contributed by atoms with Crippen LogP contribution in [0.1, 0.15) is 24.8 Å². The van der Waals surface area contributed by atoms with Gasteiger partial charge in [0.1, 0.15) is 5.75 Å². The third-order valence-electron chi connectivity index (χ3n) is 3.88. The number of benzene rings is 1. The first-order valence-corrected chi connectivity index (χ1v) is 5.88. The lowest BCUT2D eigenvalue weighted by Gasteiger charge is -2.41. The Morgan fingerprint density at radius 3 is 2.53 bits per heavy atom. The molecule has 0 spiro atoms. The van der Waals surface area contributed by atoms with E-state index in [1.807, 2.05) is 12.1 Å². The molecule has 0 aromatic heterocycles. The topological polar surface area (TPSA) is 47.9 Å². The van der Waals surface area contributed by atoms with Crippen molar-refractivity contribution in [2.75, 3.05) is 20.5 Å². The molecule has 1 aromatic carbocycles. The molecule has 1 aliphatic heterocycles. The van der Waals surface area contributed by atoms with Gasteiger partial charge in [-0.15, -0.1) is 0 Å². The lowest BCUT2D eigenvalue weighted by molar-refractivity contribution is 0.117. The standard InChI is InChI=1S/C13H16O4/c1-15-10-6-12-11(16-8-17-12)5-9(10)13(7-14)3-2-4-13/h5-6,14H,2-4,7-8H2,1H3. The number of aliphatic hydroxyl groups excluding tert-OH is 1. The molecule has 0 amide bonds. The van der Waals surface area contributed by atoms with E-state index in [0.29, 0.717) is 0 Å². The van der Waals surface area contributed by atoms with Gasteiger partial charge >= 0.3 is 0 Å². The molecule has 0 saturated heterocycles. The number of rotatable bonds is 3. The zero-order chi connectivity index (χ0) is 11.9. The second kappa shape index (κ2) is 3.81. The lowest BCUT2D eigenvalue weighted by atomic mass is 9.64. The third-order valence-corrected chi connectivity index (χ3v) is 3.88. The van der Waals surface area contributed by atoms with Crippen molar-refractivity contribution in [2.24, 2.45) is 0 Å². The highest BCUT2D eigenvalue weighted by Crippen LogP contribution is 2.50.